The van der Waals surface area contributed by atoms with Crippen LogP contribution in [-0.2, 0) is 6.42 Å². The van der Waals surface area contributed by atoms with Gasteiger partial charge < -0.3 is 10.2 Å². The van der Waals surface area contributed by atoms with Crippen LogP contribution < -0.4 is 5.32 Å². The predicted molar refractivity (Wildman–Crippen MR) is 80.2 cm³/mol. The Bertz CT molecular complexity index is 369. The second-order valence-corrected chi connectivity index (χ2v) is 6.64. The van der Waals surface area contributed by atoms with Crippen molar-refractivity contribution in [2.75, 3.05) is 26.2 Å². The van der Waals surface area contributed by atoms with Crippen molar-refractivity contribution in [3.63, 3.8) is 0 Å². The van der Waals surface area contributed by atoms with Crippen molar-refractivity contribution in [1.82, 2.24) is 15.2 Å². The van der Waals surface area contributed by atoms with Crippen LogP contribution in [0, 0.1) is 5.41 Å². The third kappa shape index (κ3) is 4.59. The molecule has 0 bridgehead atoms. The van der Waals surface area contributed by atoms with Gasteiger partial charge in [-0.3, -0.25) is 4.98 Å². The molecule has 0 spiro atoms. The van der Waals surface area contributed by atoms with Crippen molar-refractivity contribution in [1.29, 1.82) is 0 Å². The fourth-order valence-electron chi connectivity index (χ4n) is 2.61. The molecule has 0 radical (unpaired) electrons. The van der Waals surface area contributed by atoms with Gasteiger partial charge in [0.15, 0.2) is 0 Å². The molecule has 3 heteroatoms. The van der Waals surface area contributed by atoms with Crippen LogP contribution >= 0.6 is 0 Å². The van der Waals surface area contributed by atoms with Gasteiger partial charge in [0.25, 0.3) is 0 Å². The summed E-state index contributed by atoms with van der Waals surface area (Å²) in [6.07, 6.45) is 6.18. The minimum atomic E-state index is 0.330. The molecule has 1 aliphatic rings. The zero-order valence-electron chi connectivity index (χ0n) is 12.5. The summed E-state index contributed by atoms with van der Waals surface area (Å²) in [4.78, 5) is 6.79. The fraction of sp³-hybridized carbons (Fsp3) is 0.688. The third-order valence-electron chi connectivity index (χ3n) is 3.97. The van der Waals surface area contributed by atoms with E-state index in [0.29, 0.717) is 11.5 Å². The van der Waals surface area contributed by atoms with E-state index in [4.69, 9.17) is 0 Å². The minimum absolute atomic E-state index is 0.330. The molecule has 0 aromatic carbocycles. The molecular formula is C16H27N3. The van der Waals surface area contributed by atoms with Crippen molar-refractivity contribution < 1.29 is 0 Å². The number of hydrogen-bond acceptors (Lipinski definition) is 3. The van der Waals surface area contributed by atoms with Gasteiger partial charge in [-0.05, 0) is 43.0 Å². The normalized spacial score (nSPS) is 22.2. The Balaban J connectivity index is 1.88. The van der Waals surface area contributed by atoms with Crippen LogP contribution in [0.4, 0.5) is 0 Å². The Labute approximate surface area is 117 Å². The van der Waals surface area contributed by atoms with E-state index < -0.39 is 0 Å². The smallest absolute Gasteiger partial charge is 0.0300 e. The summed E-state index contributed by atoms with van der Waals surface area (Å²) in [5, 5.41) is 3.70. The molecule has 1 aromatic rings. The molecule has 0 aliphatic carbocycles. The van der Waals surface area contributed by atoms with Gasteiger partial charge in [-0.15, -0.1) is 0 Å². The third-order valence-corrected chi connectivity index (χ3v) is 3.97. The summed E-state index contributed by atoms with van der Waals surface area (Å²) in [6, 6.07) is 4.78. The first kappa shape index (κ1) is 14.5. The number of hydrogen-bond donors (Lipinski definition) is 1. The monoisotopic (exact) mass is 261 g/mol. The summed E-state index contributed by atoms with van der Waals surface area (Å²) in [5.41, 5.74) is 1.67. The molecule has 0 amide bonds. The molecule has 1 fully saturated rings. The number of rotatable bonds is 3. The van der Waals surface area contributed by atoms with E-state index in [0.717, 1.165) is 26.1 Å². The quantitative estimate of drug-likeness (QED) is 0.905. The van der Waals surface area contributed by atoms with Crippen molar-refractivity contribution in [2.45, 2.75) is 39.7 Å². The molecule has 1 N–H and O–H groups in total. The Kier molecular flexibility index (Phi) is 4.94. The van der Waals surface area contributed by atoms with Crippen molar-refractivity contribution in [3.8, 4) is 0 Å². The molecule has 19 heavy (non-hydrogen) atoms. The van der Waals surface area contributed by atoms with Gasteiger partial charge in [0.05, 0.1) is 0 Å². The molecule has 0 saturated carbocycles. The van der Waals surface area contributed by atoms with E-state index in [9.17, 15) is 0 Å². The molecule has 1 aromatic heterocycles. The van der Waals surface area contributed by atoms with Gasteiger partial charge in [-0.25, -0.2) is 0 Å². The van der Waals surface area contributed by atoms with E-state index in [1.807, 2.05) is 18.5 Å². The average Bonchev–Trinajstić information content (AvgIpc) is 2.62. The molecule has 1 aliphatic heterocycles. The van der Waals surface area contributed by atoms with E-state index in [1.165, 1.54) is 18.5 Å². The average molecular weight is 261 g/mol. The lowest BCUT2D eigenvalue weighted by molar-refractivity contribution is 0.198. The maximum atomic E-state index is 4.19. The first-order valence-electron chi connectivity index (χ1n) is 7.40. The van der Waals surface area contributed by atoms with Gasteiger partial charge in [0, 0.05) is 31.5 Å². The highest BCUT2D eigenvalue weighted by Gasteiger charge is 2.27. The van der Waals surface area contributed by atoms with Gasteiger partial charge in [0.1, 0.15) is 0 Å². The second-order valence-electron chi connectivity index (χ2n) is 6.64. The van der Waals surface area contributed by atoms with Crippen molar-refractivity contribution in [2.24, 2.45) is 5.41 Å². The Morgan fingerprint density at radius 2 is 2.26 bits per heavy atom. The molecule has 2 heterocycles. The largest absolute Gasteiger partial charge is 0.312 e. The summed E-state index contributed by atoms with van der Waals surface area (Å²) in [7, 11) is 0. The molecule has 1 unspecified atom stereocenters. The van der Waals surface area contributed by atoms with Crippen LogP contribution in [0.5, 0.6) is 0 Å². The number of pyridine rings is 1. The van der Waals surface area contributed by atoms with E-state index in [1.54, 1.807) is 0 Å². The predicted octanol–water partition coefficient (Wildman–Crippen LogP) is 2.33. The summed E-state index contributed by atoms with van der Waals surface area (Å²) in [5.74, 6) is 0. The standard InChI is InChI=1S/C16H27N3/c1-16(2,3)15-13-19(10-5-9-18-15)11-7-14-6-4-8-17-12-14/h4,6,8,12,15,18H,5,7,9-11,13H2,1-3H3. The topological polar surface area (TPSA) is 28.2 Å². The van der Waals surface area contributed by atoms with E-state index in [2.05, 4.69) is 42.0 Å². The number of aromatic nitrogens is 1. The second kappa shape index (κ2) is 6.49. The fourth-order valence-corrected chi connectivity index (χ4v) is 2.61. The van der Waals surface area contributed by atoms with Gasteiger partial charge >= 0.3 is 0 Å². The first-order chi connectivity index (χ1) is 9.05. The molecule has 3 nitrogen and oxygen atoms in total. The number of nitrogens with zero attached hydrogens (tertiary/aromatic N) is 2. The van der Waals surface area contributed by atoms with Crippen molar-refractivity contribution in [3.05, 3.63) is 30.1 Å². The highest BCUT2D eigenvalue weighted by molar-refractivity contribution is 5.08. The van der Waals surface area contributed by atoms with Gasteiger partial charge in [0.2, 0.25) is 0 Å². The Hall–Kier alpha value is -0.930. The molecule has 2 rings (SSSR count). The van der Waals surface area contributed by atoms with Crippen LogP contribution in [0.15, 0.2) is 24.5 Å². The lowest BCUT2D eigenvalue weighted by Gasteiger charge is -2.33. The first-order valence-corrected chi connectivity index (χ1v) is 7.40. The van der Waals surface area contributed by atoms with Gasteiger partial charge in [-0.2, -0.15) is 0 Å². The minimum Gasteiger partial charge on any atom is -0.312 e. The Morgan fingerprint density at radius 3 is 2.95 bits per heavy atom. The van der Waals surface area contributed by atoms with Crippen LogP contribution in [0.25, 0.3) is 0 Å². The molecule has 106 valence electrons. The zero-order valence-corrected chi connectivity index (χ0v) is 12.5. The van der Waals surface area contributed by atoms with Crippen LogP contribution in [0.2, 0.25) is 0 Å². The van der Waals surface area contributed by atoms with Crippen LogP contribution in [-0.4, -0.2) is 42.1 Å². The maximum absolute atomic E-state index is 4.19. The number of nitrogens with one attached hydrogen (secondary N) is 1. The molecular weight excluding hydrogens is 234 g/mol. The molecule has 1 atom stereocenters. The van der Waals surface area contributed by atoms with Gasteiger partial charge in [-0.1, -0.05) is 26.8 Å². The maximum Gasteiger partial charge on any atom is 0.0300 e. The van der Waals surface area contributed by atoms with Crippen LogP contribution in [0.3, 0.4) is 0 Å². The summed E-state index contributed by atoms with van der Waals surface area (Å²) >= 11 is 0. The zero-order chi connectivity index (χ0) is 13.7. The molecule has 1 saturated heterocycles. The highest BCUT2D eigenvalue weighted by atomic mass is 15.2. The summed E-state index contributed by atoms with van der Waals surface area (Å²) < 4.78 is 0. The van der Waals surface area contributed by atoms with Crippen LogP contribution in [0.1, 0.15) is 32.8 Å². The SMILES string of the molecule is CC(C)(C)C1CN(CCc2cccnc2)CCCN1. The van der Waals surface area contributed by atoms with Crippen molar-refractivity contribution >= 4 is 0 Å². The summed E-state index contributed by atoms with van der Waals surface area (Å²) in [6.45, 7) is 11.6. The lowest BCUT2D eigenvalue weighted by atomic mass is 9.86. The lowest BCUT2D eigenvalue weighted by Crippen LogP contribution is -2.46. The van der Waals surface area contributed by atoms with E-state index in [-0.39, 0.29) is 0 Å². The Morgan fingerprint density at radius 1 is 1.42 bits per heavy atom. The van der Waals surface area contributed by atoms with E-state index >= 15 is 0 Å². The highest BCUT2D eigenvalue weighted by Crippen LogP contribution is 2.21.